The minimum Gasteiger partial charge on any atom is -0.451 e. The van der Waals surface area contributed by atoms with Crippen molar-refractivity contribution in [2.75, 3.05) is 0 Å². The van der Waals surface area contributed by atoms with Gasteiger partial charge in [-0.15, -0.1) is 0 Å². The lowest BCUT2D eigenvalue weighted by Crippen LogP contribution is -2.00. The molecule has 0 radical (unpaired) electrons. The third-order valence-corrected chi connectivity index (χ3v) is 3.93. The predicted molar refractivity (Wildman–Crippen MR) is 81.4 cm³/mol. The molecule has 1 atom stereocenters. The maximum absolute atomic E-state index is 5.16. The zero-order chi connectivity index (χ0) is 13.8. The first-order valence-electron chi connectivity index (χ1n) is 8.26. The molecule has 0 N–H and O–H groups in total. The summed E-state index contributed by atoms with van der Waals surface area (Å²) in [5, 5.41) is 0. The summed E-state index contributed by atoms with van der Waals surface area (Å²) in [6.07, 6.45) is 18.1. The van der Waals surface area contributed by atoms with Crippen LogP contribution >= 0.6 is 0 Å². The lowest BCUT2D eigenvalue weighted by Gasteiger charge is -2.14. The van der Waals surface area contributed by atoms with Crippen LogP contribution in [0.1, 0.15) is 96.1 Å². The van der Waals surface area contributed by atoms with Crippen molar-refractivity contribution in [3.05, 3.63) is 18.4 Å². The molecule has 0 saturated carbocycles. The van der Waals surface area contributed by atoms with E-state index in [0.29, 0.717) is 5.92 Å². The Kier molecular flexibility index (Phi) is 9.48. The number of unbranched alkanes of at least 4 members (excludes halogenated alkanes) is 7. The van der Waals surface area contributed by atoms with Crippen molar-refractivity contribution in [1.29, 1.82) is 0 Å². The summed E-state index contributed by atoms with van der Waals surface area (Å²) >= 11 is 0. The van der Waals surface area contributed by atoms with Crippen LogP contribution in [0.25, 0.3) is 0 Å². The average Bonchev–Trinajstić information content (AvgIpc) is 2.95. The van der Waals surface area contributed by atoms with Crippen molar-refractivity contribution in [3.63, 3.8) is 0 Å². The van der Waals surface area contributed by atoms with Gasteiger partial charge in [0.15, 0.2) is 6.39 Å². The maximum Gasteiger partial charge on any atom is 0.180 e. The summed E-state index contributed by atoms with van der Waals surface area (Å²) in [6, 6.07) is 0. The molecule has 0 fully saturated rings. The third-order valence-electron chi connectivity index (χ3n) is 3.93. The largest absolute Gasteiger partial charge is 0.451 e. The smallest absolute Gasteiger partial charge is 0.180 e. The van der Waals surface area contributed by atoms with E-state index in [-0.39, 0.29) is 0 Å². The van der Waals surface area contributed by atoms with Crippen molar-refractivity contribution in [3.8, 4) is 0 Å². The Morgan fingerprint density at radius 3 is 2.00 bits per heavy atom. The zero-order valence-corrected chi connectivity index (χ0v) is 12.9. The molecule has 19 heavy (non-hydrogen) atoms. The molecule has 1 rings (SSSR count). The highest BCUT2D eigenvalue weighted by Crippen LogP contribution is 2.27. The van der Waals surface area contributed by atoms with Gasteiger partial charge in [0, 0.05) is 5.92 Å². The van der Waals surface area contributed by atoms with Crippen molar-refractivity contribution < 1.29 is 4.42 Å². The van der Waals surface area contributed by atoms with E-state index in [2.05, 4.69) is 18.8 Å². The molecule has 2 nitrogen and oxygen atoms in total. The molecule has 0 saturated heterocycles. The minimum atomic E-state index is 0.622. The van der Waals surface area contributed by atoms with Crippen molar-refractivity contribution in [2.24, 2.45) is 0 Å². The highest BCUT2D eigenvalue weighted by Gasteiger charge is 2.13. The van der Waals surface area contributed by atoms with Crippen LogP contribution in [0.5, 0.6) is 0 Å². The number of rotatable bonds is 12. The van der Waals surface area contributed by atoms with E-state index in [1.807, 2.05) is 6.26 Å². The van der Waals surface area contributed by atoms with Gasteiger partial charge in [-0.25, -0.2) is 4.98 Å². The third kappa shape index (κ3) is 7.39. The van der Waals surface area contributed by atoms with E-state index in [1.54, 1.807) is 6.39 Å². The van der Waals surface area contributed by atoms with Gasteiger partial charge in [0.05, 0.1) is 5.69 Å². The highest BCUT2D eigenvalue weighted by molar-refractivity contribution is 5.00. The average molecular weight is 265 g/mol. The SMILES string of the molecule is CCCCCCCC(CCCCCC)c1cocn1. The number of hydrogen-bond donors (Lipinski definition) is 0. The lowest BCUT2D eigenvalue weighted by atomic mass is 9.92. The van der Waals surface area contributed by atoms with Gasteiger partial charge < -0.3 is 4.42 Å². The number of oxazole rings is 1. The van der Waals surface area contributed by atoms with Gasteiger partial charge in [-0.3, -0.25) is 0 Å². The summed E-state index contributed by atoms with van der Waals surface area (Å²) in [6.45, 7) is 4.54. The molecule has 1 aromatic rings. The zero-order valence-electron chi connectivity index (χ0n) is 12.9. The van der Waals surface area contributed by atoms with Gasteiger partial charge in [0.25, 0.3) is 0 Å². The summed E-state index contributed by atoms with van der Waals surface area (Å²) < 4.78 is 5.16. The van der Waals surface area contributed by atoms with Gasteiger partial charge >= 0.3 is 0 Å². The summed E-state index contributed by atoms with van der Waals surface area (Å²) in [7, 11) is 0. The Morgan fingerprint density at radius 1 is 0.895 bits per heavy atom. The number of nitrogens with zero attached hydrogens (tertiary/aromatic N) is 1. The molecule has 0 spiro atoms. The minimum absolute atomic E-state index is 0.622. The first-order chi connectivity index (χ1) is 9.38. The monoisotopic (exact) mass is 265 g/mol. The summed E-state index contributed by atoms with van der Waals surface area (Å²) in [5.74, 6) is 0.622. The first-order valence-corrected chi connectivity index (χ1v) is 8.26. The van der Waals surface area contributed by atoms with Gasteiger partial charge in [-0.1, -0.05) is 71.6 Å². The van der Waals surface area contributed by atoms with Crippen LogP contribution in [0.4, 0.5) is 0 Å². The molecule has 0 amide bonds. The van der Waals surface area contributed by atoms with Gasteiger partial charge in [0.2, 0.25) is 0 Å². The maximum atomic E-state index is 5.16. The van der Waals surface area contributed by atoms with E-state index in [4.69, 9.17) is 4.42 Å². The topological polar surface area (TPSA) is 26.0 Å². The van der Waals surface area contributed by atoms with E-state index in [9.17, 15) is 0 Å². The van der Waals surface area contributed by atoms with Crippen LogP contribution in [-0.2, 0) is 0 Å². The van der Waals surface area contributed by atoms with Gasteiger partial charge in [-0.05, 0) is 12.8 Å². The molecule has 1 heterocycles. The summed E-state index contributed by atoms with van der Waals surface area (Å²) in [4.78, 5) is 4.36. The van der Waals surface area contributed by atoms with Gasteiger partial charge in [-0.2, -0.15) is 0 Å². The molecule has 0 bridgehead atoms. The molecule has 0 aliphatic heterocycles. The second kappa shape index (κ2) is 11.1. The number of hydrogen-bond acceptors (Lipinski definition) is 2. The molecule has 2 heteroatoms. The fraction of sp³-hybridized carbons (Fsp3) is 0.824. The Bertz CT molecular complexity index is 281. The van der Waals surface area contributed by atoms with Crippen LogP contribution < -0.4 is 0 Å². The molecule has 1 unspecified atom stereocenters. The van der Waals surface area contributed by atoms with Crippen molar-refractivity contribution >= 4 is 0 Å². The Hall–Kier alpha value is -0.790. The van der Waals surface area contributed by atoms with Crippen molar-refractivity contribution in [1.82, 2.24) is 4.98 Å². The fourth-order valence-electron chi connectivity index (χ4n) is 2.68. The van der Waals surface area contributed by atoms with Gasteiger partial charge in [0.1, 0.15) is 6.26 Å². The van der Waals surface area contributed by atoms with Crippen LogP contribution in [-0.4, -0.2) is 4.98 Å². The summed E-state index contributed by atoms with van der Waals surface area (Å²) in [5.41, 5.74) is 1.17. The van der Waals surface area contributed by atoms with Crippen LogP contribution in [0.3, 0.4) is 0 Å². The fourth-order valence-corrected chi connectivity index (χ4v) is 2.68. The van der Waals surface area contributed by atoms with E-state index < -0.39 is 0 Å². The highest BCUT2D eigenvalue weighted by atomic mass is 16.3. The van der Waals surface area contributed by atoms with Crippen LogP contribution in [0.15, 0.2) is 17.1 Å². The Labute approximate surface area is 119 Å². The molecular formula is C17H31NO. The normalized spacial score (nSPS) is 12.7. The molecule has 0 aliphatic carbocycles. The first kappa shape index (κ1) is 16.3. The standard InChI is InChI=1S/C17H31NO/c1-3-5-7-9-11-13-16(12-10-8-6-4-2)17-14-19-15-18-17/h14-16H,3-13H2,1-2H3. The Balaban J connectivity index is 2.25. The van der Waals surface area contributed by atoms with Crippen LogP contribution in [0.2, 0.25) is 0 Å². The molecule has 0 aliphatic rings. The Morgan fingerprint density at radius 2 is 1.47 bits per heavy atom. The molecule has 0 aromatic carbocycles. The molecule has 110 valence electrons. The quantitative estimate of drug-likeness (QED) is 0.427. The van der Waals surface area contributed by atoms with E-state index in [0.717, 1.165) is 0 Å². The molecular weight excluding hydrogens is 234 g/mol. The predicted octanol–water partition coefficient (Wildman–Crippen LogP) is 6.09. The van der Waals surface area contributed by atoms with Crippen LogP contribution in [0, 0.1) is 0 Å². The van der Waals surface area contributed by atoms with E-state index >= 15 is 0 Å². The molecule has 1 aromatic heterocycles. The number of aromatic nitrogens is 1. The van der Waals surface area contributed by atoms with Crippen molar-refractivity contribution in [2.45, 2.75) is 90.4 Å². The van der Waals surface area contributed by atoms with E-state index in [1.165, 1.54) is 76.3 Å². The second-order valence-electron chi connectivity index (χ2n) is 5.66. The lowest BCUT2D eigenvalue weighted by molar-refractivity contribution is 0.483. The second-order valence-corrected chi connectivity index (χ2v) is 5.66.